The molecule has 0 bridgehead atoms. The Kier molecular flexibility index (Phi) is 5.70. The van der Waals surface area contributed by atoms with Crippen LogP contribution in [0.1, 0.15) is 45.2 Å². The van der Waals surface area contributed by atoms with E-state index < -0.39 is 27.2 Å². The first kappa shape index (κ1) is 18.6. The van der Waals surface area contributed by atoms with E-state index in [1.807, 2.05) is 6.92 Å². The van der Waals surface area contributed by atoms with E-state index in [0.717, 1.165) is 18.7 Å². The van der Waals surface area contributed by atoms with Crippen LogP contribution in [-0.2, 0) is 14.6 Å². The van der Waals surface area contributed by atoms with Gasteiger partial charge in [-0.3, -0.25) is 4.79 Å². The number of amides is 1. The van der Waals surface area contributed by atoms with E-state index in [2.05, 4.69) is 5.32 Å². The van der Waals surface area contributed by atoms with Gasteiger partial charge in [-0.05, 0) is 38.0 Å². The minimum absolute atomic E-state index is 0.325. The normalized spacial score (nSPS) is 15.9. The molecule has 0 saturated carbocycles. The van der Waals surface area contributed by atoms with E-state index in [1.165, 1.54) is 12.1 Å². The van der Waals surface area contributed by atoms with Gasteiger partial charge in [-0.25, -0.2) is 12.8 Å². The topological polar surface area (TPSA) is 89.3 Å². The molecule has 0 spiro atoms. The summed E-state index contributed by atoms with van der Waals surface area (Å²) in [5.41, 5.74) is 5.43. The van der Waals surface area contributed by atoms with Crippen molar-refractivity contribution in [3.8, 4) is 0 Å². The number of nitrogens with one attached hydrogen (secondary N) is 1. The molecule has 1 rings (SSSR count). The van der Waals surface area contributed by atoms with Gasteiger partial charge in [-0.2, -0.15) is 0 Å². The van der Waals surface area contributed by atoms with Crippen molar-refractivity contribution in [3.63, 3.8) is 0 Å². The molecule has 0 heterocycles. The summed E-state index contributed by atoms with van der Waals surface area (Å²) in [6.07, 6.45) is 2.25. The number of hydrogen-bond acceptors (Lipinski definition) is 4. The fourth-order valence-corrected chi connectivity index (χ4v) is 2.89. The van der Waals surface area contributed by atoms with Crippen LogP contribution < -0.4 is 11.1 Å². The van der Waals surface area contributed by atoms with Crippen LogP contribution >= 0.6 is 0 Å². The highest BCUT2D eigenvalue weighted by molar-refractivity contribution is 7.90. The van der Waals surface area contributed by atoms with Crippen molar-refractivity contribution in [2.24, 2.45) is 5.73 Å². The number of hydrogen-bond donors (Lipinski definition) is 2. The van der Waals surface area contributed by atoms with Crippen molar-refractivity contribution in [2.75, 3.05) is 6.26 Å². The largest absolute Gasteiger partial charge is 0.348 e. The first-order chi connectivity index (χ1) is 9.99. The number of benzene rings is 1. The van der Waals surface area contributed by atoms with Gasteiger partial charge >= 0.3 is 0 Å². The lowest BCUT2D eigenvalue weighted by Crippen LogP contribution is -2.52. The van der Waals surface area contributed by atoms with Crippen molar-refractivity contribution >= 4 is 15.7 Å². The number of carbonyl (C=O) groups is 1. The quantitative estimate of drug-likeness (QED) is 0.834. The molecule has 3 N–H and O–H groups in total. The molecule has 0 aliphatic rings. The molecule has 0 aliphatic carbocycles. The summed E-state index contributed by atoms with van der Waals surface area (Å²) in [5, 5.41) is 2.73. The van der Waals surface area contributed by atoms with Gasteiger partial charge in [0, 0.05) is 6.26 Å². The molecule has 0 aliphatic heterocycles. The summed E-state index contributed by atoms with van der Waals surface area (Å²) >= 11 is 0. The van der Waals surface area contributed by atoms with Crippen molar-refractivity contribution in [1.29, 1.82) is 0 Å². The predicted molar refractivity (Wildman–Crippen MR) is 83.6 cm³/mol. The Morgan fingerprint density at radius 3 is 2.50 bits per heavy atom. The number of rotatable bonds is 6. The van der Waals surface area contributed by atoms with Gasteiger partial charge in [-0.1, -0.05) is 19.4 Å². The zero-order valence-electron chi connectivity index (χ0n) is 13.3. The number of sulfone groups is 1. The second-order valence-corrected chi connectivity index (χ2v) is 7.81. The maximum atomic E-state index is 13.9. The Morgan fingerprint density at radius 1 is 1.45 bits per heavy atom. The molecular formula is C15H23FN2O3S. The molecule has 0 radical (unpaired) electrons. The minimum Gasteiger partial charge on any atom is -0.348 e. The van der Waals surface area contributed by atoms with Gasteiger partial charge in [0.15, 0.2) is 9.84 Å². The van der Waals surface area contributed by atoms with Crippen LogP contribution in [0.4, 0.5) is 4.39 Å². The highest BCUT2D eigenvalue weighted by Crippen LogP contribution is 2.21. The molecule has 124 valence electrons. The van der Waals surface area contributed by atoms with Gasteiger partial charge in [0.1, 0.15) is 10.7 Å². The van der Waals surface area contributed by atoms with E-state index in [0.29, 0.717) is 12.0 Å². The lowest BCUT2D eigenvalue weighted by atomic mass is 9.95. The Balaban J connectivity index is 2.94. The molecule has 0 aromatic heterocycles. The van der Waals surface area contributed by atoms with Crippen LogP contribution in [0.2, 0.25) is 0 Å². The highest BCUT2D eigenvalue weighted by atomic mass is 32.2. The van der Waals surface area contributed by atoms with Crippen LogP contribution in [0, 0.1) is 5.82 Å². The van der Waals surface area contributed by atoms with Crippen LogP contribution in [0.3, 0.4) is 0 Å². The molecular weight excluding hydrogens is 307 g/mol. The van der Waals surface area contributed by atoms with Gasteiger partial charge in [0.05, 0.1) is 11.6 Å². The zero-order chi connectivity index (χ0) is 17.1. The zero-order valence-corrected chi connectivity index (χ0v) is 14.1. The monoisotopic (exact) mass is 330 g/mol. The van der Waals surface area contributed by atoms with E-state index in [4.69, 9.17) is 5.73 Å². The van der Waals surface area contributed by atoms with E-state index in [9.17, 15) is 17.6 Å². The first-order valence-electron chi connectivity index (χ1n) is 7.08. The molecule has 0 fully saturated rings. The number of carbonyl (C=O) groups excluding carboxylic acids is 1. The van der Waals surface area contributed by atoms with E-state index in [1.54, 1.807) is 13.8 Å². The highest BCUT2D eigenvalue weighted by Gasteiger charge is 2.28. The predicted octanol–water partition coefficient (Wildman–Crippen LogP) is 1.92. The molecule has 5 nitrogen and oxygen atoms in total. The summed E-state index contributed by atoms with van der Waals surface area (Å²) in [6.45, 7) is 5.27. The summed E-state index contributed by atoms with van der Waals surface area (Å²) in [6, 6.07) is 3.33. The van der Waals surface area contributed by atoms with Crippen LogP contribution in [0.15, 0.2) is 23.1 Å². The van der Waals surface area contributed by atoms with E-state index in [-0.39, 0.29) is 10.8 Å². The van der Waals surface area contributed by atoms with Crippen molar-refractivity contribution in [1.82, 2.24) is 5.32 Å². The van der Waals surface area contributed by atoms with E-state index >= 15 is 0 Å². The van der Waals surface area contributed by atoms with Crippen molar-refractivity contribution in [2.45, 2.75) is 50.1 Å². The van der Waals surface area contributed by atoms with Crippen molar-refractivity contribution in [3.05, 3.63) is 29.6 Å². The maximum Gasteiger partial charge on any atom is 0.240 e. The Morgan fingerprint density at radius 2 is 2.05 bits per heavy atom. The molecule has 0 saturated heterocycles. The molecule has 1 aromatic rings. The second-order valence-electron chi connectivity index (χ2n) is 5.82. The molecule has 7 heteroatoms. The van der Waals surface area contributed by atoms with Crippen molar-refractivity contribution < 1.29 is 17.6 Å². The standard InChI is InChI=1S/C15H23FN2O3S/c1-5-8-15(3,17)14(19)18-10(2)11-6-7-13(12(16)9-11)22(4,20)21/h6-7,9-10H,5,8,17H2,1-4H3,(H,18,19). The van der Waals surface area contributed by atoms with Gasteiger partial charge in [0.2, 0.25) is 5.91 Å². The van der Waals surface area contributed by atoms with Crippen LogP contribution in [-0.4, -0.2) is 26.1 Å². The van der Waals surface area contributed by atoms with Gasteiger partial charge in [0.25, 0.3) is 0 Å². The third-order valence-corrected chi connectivity index (χ3v) is 4.62. The van der Waals surface area contributed by atoms with Gasteiger partial charge in [-0.15, -0.1) is 0 Å². The fourth-order valence-electron chi connectivity index (χ4n) is 2.16. The summed E-state index contributed by atoms with van der Waals surface area (Å²) in [4.78, 5) is 11.8. The number of halogens is 1. The first-order valence-corrected chi connectivity index (χ1v) is 8.97. The molecule has 22 heavy (non-hydrogen) atoms. The Bertz CT molecular complexity index is 657. The SMILES string of the molecule is CCCC(C)(N)C(=O)NC(C)c1ccc(S(C)(=O)=O)c(F)c1. The summed E-state index contributed by atoms with van der Waals surface area (Å²) in [5.74, 6) is -1.15. The molecule has 2 atom stereocenters. The molecule has 1 aromatic carbocycles. The molecule has 2 unspecified atom stereocenters. The smallest absolute Gasteiger partial charge is 0.240 e. The lowest BCUT2D eigenvalue weighted by Gasteiger charge is -2.25. The summed E-state index contributed by atoms with van der Waals surface area (Å²) < 4.78 is 36.7. The van der Waals surface area contributed by atoms with Gasteiger partial charge < -0.3 is 11.1 Å². The Labute approximate surface area is 131 Å². The molecule has 1 amide bonds. The number of nitrogens with two attached hydrogens (primary N) is 1. The lowest BCUT2D eigenvalue weighted by molar-refractivity contribution is -0.126. The minimum atomic E-state index is -3.61. The second kappa shape index (κ2) is 6.75. The Hall–Kier alpha value is -1.47. The third kappa shape index (κ3) is 4.51. The third-order valence-electron chi connectivity index (χ3n) is 3.49. The average molecular weight is 330 g/mol. The summed E-state index contributed by atoms with van der Waals surface area (Å²) in [7, 11) is -3.61. The fraction of sp³-hybridized carbons (Fsp3) is 0.533. The van der Waals surface area contributed by atoms with Crippen LogP contribution in [0.5, 0.6) is 0 Å². The average Bonchev–Trinajstić information content (AvgIpc) is 2.36. The van der Waals surface area contributed by atoms with Crippen LogP contribution in [0.25, 0.3) is 0 Å². The maximum absolute atomic E-state index is 13.9.